The molecule has 0 saturated heterocycles. The summed E-state index contributed by atoms with van der Waals surface area (Å²) in [5.74, 6) is 0. The minimum absolute atomic E-state index is 0.375. The number of hydrogen-bond acceptors (Lipinski definition) is 1. The molecule has 1 N–H and O–H groups in total. The van der Waals surface area contributed by atoms with Gasteiger partial charge in [-0.2, -0.15) is 0 Å². The third-order valence-corrected chi connectivity index (χ3v) is 2.02. The van der Waals surface area contributed by atoms with Crippen LogP contribution in [0.5, 0.6) is 0 Å². The van der Waals surface area contributed by atoms with Gasteiger partial charge in [-0.1, -0.05) is 40.9 Å². The van der Waals surface area contributed by atoms with E-state index in [9.17, 15) is 0 Å². The molecular formula is C7H5Cl3O. The number of halogens is 3. The van der Waals surface area contributed by atoms with Gasteiger partial charge in [0, 0.05) is 15.6 Å². The van der Waals surface area contributed by atoms with Crippen molar-refractivity contribution in [2.45, 2.75) is 5.56 Å². The van der Waals surface area contributed by atoms with Crippen LogP contribution in [0, 0.1) is 0 Å². The quantitative estimate of drug-likeness (QED) is 0.707. The van der Waals surface area contributed by atoms with Gasteiger partial charge in [-0.3, -0.25) is 0 Å². The van der Waals surface area contributed by atoms with Crippen LogP contribution in [0.4, 0.5) is 0 Å². The Hall–Kier alpha value is 0.0500. The minimum Gasteiger partial charge on any atom is -0.373 e. The Balaban J connectivity index is 3.09. The first-order valence-corrected chi connectivity index (χ1v) is 4.07. The molecule has 1 rings (SSSR count). The molecule has 0 radical (unpaired) electrons. The lowest BCUT2D eigenvalue weighted by molar-refractivity contribution is 0.263. The predicted molar refractivity (Wildman–Crippen MR) is 47.3 cm³/mol. The third kappa shape index (κ3) is 2.24. The van der Waals surface area contributed by atoms with Gasteiger partial charge in [0.25, 0.3) is 0 Å². The highest BCUT2D eigenvalue weighted by atomic mass is 35.5. The molecule has 1 nitrogen and oxygen atoms in total. The van der Waals surface area contributed by atoms with Crippen LogP contribution in [0.3, 0.4) is 0 Å². The van der Waals surface area contributed by atoms with Crippen molar-refractivity contribution in [3.05, 3.63) is 33.8 Å². The van der Waals surface area contributed by atoms with Crippen molar-refractivity contribution in [3.63, 3.8) is 0 Å². The second kappa shape index (κ2) is 3.63. The molecule has 0 bridgehead atoms. The van der Waals surface area contributed by atoms with Crippen LogP contribution in [-0.2, 0) is 0 Å². The van der Waals surface area contributed by atoms with E-state index >= 15 is 0 Å². The minimum atomic E-state index is -1.07. The Morgan fingerprint density at radius 3 is 2.36 bits per heavy atom. The maximum atomic E-state index is 8.93. The monoisotopic (exact) mass is 210 g/mol. The summed E-state index contributed by atoms with van der Waals surface area (Å²) < 4.78 is 0. The second-order valence-corrected chi connectivity index (χ2v) is 3.26. The van der Waals surface area contributed by atoms with E-state index in [2.05, 4.69) is 0 Å². The molecule has 0 spiro atoms. The Morgan fingerprint density at radius 1 is 1.27 bits per heavy atom. The second-order valence-electron chi connectivity index (χ2n) is 2.00. The predicted octanol–water partition coefficient (Wildman–Crippen LogP) is 3.22. The normalized spacial score (nSPS) is 13.1. The standard InChI is InChI=1S/C7H5Cl3O/c8-4-1-2-5(7(10)11)6(9)3-4/h1-3,7,11H. The fourth-order valence-electron chi connectivity index (χ4n) is 0.695. The summed E-state index contributed by atoms with van der Waals surface area (Å²) in [5.41, 5.74) is -0.600. The average Bonchev–Trinajstić information content (AvgIpc) is 1.85. The first kappa shape index (κ1) is 9.14. The van der Waals surface area contributed by atoms with Crippen LogP contribution in [-0.4, -0.2) is 5.11 Å². The highest BCUT2D eigenvalue weighted by Crippen LogP contribution is 2.27. The first-order valence-electron chi connectivity index (χ1n) is 2.88. The van der Waals surface area contributed by atoms with E-state index in [4.69, 9.17) is 39.9 Å². The van der Waals surface area contributed by atoms with E-state index < -0.39 is 5.56 Å². The molecule has 11 heavy (non-hydrogen) atoms. The van der Waals surface area contributed by atoms with Crippen LogP contribution < -0.4 is 0 Å². The Morgan fingerprint density at radius 2 is 1.91 bits per heavy atom. The molecule has 0 saturated carbocycles. The lowest BCUT2D eigenvalue weighted by Gasteiger charge is -2.04. The van der Waals surface area contributed by atoms with E-state index in [1.165, 1.54) is 6.07 Å². The van der Waals surface area contributed by atoms with E-state index in [-0.39, 0.29) is 0 Å². The highest BCUT2D eigenvalue weighted by Gasteiger charge is 2.07. The van der Waals surface area contributed by atoms with E-state index in [1.54, 1.807) is 12.1 Å². The largest absolute Gasteiger partial charge is 0.373 e. The zero-order valence-electron chi connectivity index (χ0n) is 5.39. The van der Waals surface area contributed by atoms with Crippen molar-refractivity contribution in [2.24, 2.45) is 0 Å². The van der Waals surface area contributed by atoms with Gasteiger partial charge >= 0.3 is 0 Å². The van der Waals surface area contributed by atoms with E-state index in [0.717, 1.165) is 0 Å². The van der Waals surface area contributed by atoms with Gasteiger partial charge in [0.05, 0.1) is 0 Å². The average molecular weight is 211 g/mol. The number of hydrogen-bond donors (Lipinski definition) is 1. The highest BCUT2D eigenvalue weighted by molar-refractivity contribution is 6.35. The summed E-state index contributed by atoms with van der Waals surface area (Å²) in [4.78, 5) is 0. The summed E-state index contributed by atoms with van der Waals surface area (Å²) in [6, 6.07) is 4.74. The van der Waals surface area contributed by atoms with Crippen LogP contribution in [0.25, 0.3) is 0 Å². The fourth-order valence-corrected chi connectivity index (χ4v) is 1.45. The molecule has 0 aliphatic heterocycles. The van der Waals surface area contributed by atoms with Gasteiger partial charge in [0.15, 0.2) is 5.56 Å². The van der Waals surface area contributed by atoms with Gasteiger partial charge in [-0.15, -0.1) is 0 Å². The maximum absolute atomic E-state index is 8.93. The molecule has 0 aliphatic rings. The number of aliphatic hydroxyl groups is 1. The molecule has 1 aromatic carbocycles. The van der Waals surface area contributed by atoms with Crippen LogP contribution in [0.2, 0.25) is 10.0 Å². The summed E-state index contributed by atoms with van der Waals surface area (Å²) in [6.45, 7) is 0. The lowest BCUT2D eigenvalue weighted by atomic mass is 10.2. The summed E-state index contributed by atoms with van der Waals surface area (Å²) in [6.07, 6.45) is 0. The molecule has 4 heteroatoms. The molecular weight excluding hydrogens is 206 g/mol. The van der Waals surface area contributed by atoms with Crippen LogP contribution in [0.15, 0.2) is 18.2 Å². The zero-order valence-corrected chi connectivity index (χ0v) is 7.66. The van der Waals surface area contributed by atoms with Gasteiger partial charge in [-0.25, -0.2) is 0 Å². The zero-order chi connectivity index (χ0) is 8.43. The van der Waals surface area contributed by atoms with Crippen molar-refractivity contribution in [2.75, 3.05) is 0 Å². The molecule has 1 atom stereocenters. The topological polar surface area (TPSA) is 20.2 Å². The van der Waals surface area contributed by atoms with Crippen molar-refractivity contribution >= 4 is 34.8 Å². The fraction of sp³-hybridized carbons (Fsp3) is 0.143. The van der Waals surface area contributed by atoms with Gasteiger partial charge in [0.2, 0.25) is 0 Å². The third-order valence-electron chi connectivity index (χ3n) is 1.22. The van der Waals surface area contributed by atoms with Crippen molar-refractivity contribution in [1.82, 2.24) is 0 Å². The Labute approximate surface area is 79.5 Å². The molecule has 0 aliphatic carbocycles. The number of alkyl halides is 1. The van der Waals surface area contributed by atoms with Crippen LogP contribution >= 0.6 is 34.8 Å². The summed E-state index contributed by atoms with van der Waals surface area (Å²) in [5, 5.41) is 9.83. The molecule has 0 fully saturated rings. The number of benzene rings is 1. The van der Waals surface area contributed by atoms with Crippen molar-refractivity contribution < 1.29 is 5.11 Å². The smallest absolute Gasteiger partial charge is 0.154 e. The molecule has 60 valence electrons. The van der Waals surface area contributed by atoms with E-state index in [1.807, 2.05) is 0 Å². The lowest BCUT2D eigenvalue weighted by Crippen LogP contribution is -1.88. The SMILES string of the molecule is OC(Cl)c1ccc(Cl)cc1Cl. The summed E-state index contributed by atoms with van der Waals surface area (Å²) >= 11 is 16.7. The van der Waals surface area contributed by atoms with Crippen molar-refractivity contribution in [1.29, 1.82) is 0 Å². The number of aliphatic hydroxyl groups excluding tert-OH is 1. The number of rotatable bonds is 1. The molecule has 0 heterocycles. The van der Waals surface area contributed by atoms with Crippen LogP contribution in [0.1, 0.15) is 11.1 Å². The Bertz CT molecular complexity index is 260. The van der Waals surface area contributed by atoms with Crippen molar-refractivity contribution in [3.8, 4) is 0 Å². The molecule has 0 amide bonds. The Kier molecular flexibility index (Phi) is 3.02. The van der Waals surface area contributed by atoms with E-state index in [0.29, 0.717) is 15.6 Å². The molecule has 1 unspecified atom stereocenters. The van der Waals surface area contributed by atoms with Gasteiger partial charge < -0.3 is 5.11 Å². The molecule has 0 aromatic heterocycles. The molecule has 1 aromatic rings. The van der Waals surface area contributed by atoms with Gasteiger partial charge in [0.1, 0.15) is 0 Å². The maximum Gasteiger partial charge on any atom is 0.154 e. The first-order chi connectivity index (χ1) is 5.11. The van der Waals surface area contributed by atoms with Gasteiger partial charge in [-0.05, 0) is 12.1 Å². The summed E-state index contributed by atoms with van der Waals surface area (Å²) in [7, 11) is 0.